The lowest BCUT2D eigenvalue weighted by Gasteiger charge is -2.29. The van der Waals surface area contributed by atoms with Gasteiger partial charge in [-0.1, -0.05) is 6.92 Å². The number of nitrogens with zero attached hydrogens (tertiary/aromatic N) is 3. The third-order valence-electron chi connectivity index (χ3n) is 5.20. The van der Waals surface area contributed by atoms with Crippen LogP contribution in [0.3, 0.4) is 0 Å². The Balaban J connectivity index is 1.44. The predicted molar refractivity (Wildman–Crippen MR) is 117 cm³/mol. The third-order valence-corrected chi connectivity index (χ3v) is 7.87. The van der Waals surface area contributed by atoms with Crippen LogP contribution in [-0.2, 0) is 10.0 Å². The molecule has 7 nitrogen and oxygen atoms in total. The van der Waals surface area contributed by atoms with E-state index in [-0.39, 0.29) is 10.8 Å². The number of amides is 1. The summed E-state index contributed by atoms with van der Waals surface area (Å²) in [6.07, 6.45) is 5.12. The van der Waals surface area contributed by atoms with Crippen molar-refractivity contribution >= 4 is 32.4 Å². The second-order valence-electron chi connectivity index (χ2n) is 7.34. The smallest absolute Gasteiger partial charge is 0.257 e. The molecule has 0 bridgehead atoms. The van der Waals surface area contributed by atoms with Crippen LogP contribution in [0.15, 0.2) is 59.1 Å². The van der Waals surface area contributed by atoms with Gasteiger partial charge in [-0.25, -0.2) is 13.4 Å². The highest BCUT2D eigenvalue weighted by atomic mass is 32.2. The van der Waals surface area contributed by atoms with Gasteiger partial charge in [0.15, 0.2) is 5.13 Å². The molecule has 1 N–H and O–H groups in total. The number of sulfonamides is 1. The molecule has 0 radical (unpaired) electrons. The summed E-state index contributed by atoms with van der Waals surface area (Å²) in [5, 5.41) is 5.11. The molecule has 0 atom stereocenters. The number of aromatic nitrogens is 2. The largest absolute Gasteiger partial charge is 0.298 e. The number of hydrogen-bond acceptors (Lipinski definition) is 6. The maximum Gasteiger partial charge on any atom is 0.257 e. The number of benzene rings is 1. The summed E-state index contributed by atoms with van der Waals surface area (Å²) in [7, 11) is -3.53. The maximum absolute atomic E-state index is 12.8. The number of piperidine rings is 1. The Morgan fingerprint density at radius 2 is 1.77 bits per heavy atom. The first-order chi connectivity index (χ1) is 14.4. The van der Waals surface area contributed by atoms with Crippen LogP contribution in [0.1, 0.15) is 30.1 Å². The minimum Gasteiger partial charge on any atom is -0.298 e. The van der Waals surface area contributed by atoms with Gasteiger partial charge in [-0.3, -0.25) is 15.1 Å². The molecule has 2 aromatic heterocycles. The number of nitrogens with one attached hydrogen (secondary N) is 1. The zero-order valence-electron chi connectivity index (χ0n) is 16.5. The summed E-state index contributed by atoms with van der Waals surface area (Å²) in [6.45, 7) is 3.21. The van der Waals surface area contributed by atoms with Gasteiger partial charge >= 0.3 is 0 Å². The highest BCUT2D eigenvalue weighted by molar-refractivity contribution is 7.89. The number of thiazole rings is 1. The molecule has 3 heterocycles. The molecule has 0 saturated carbocycles. The van der Waals surface area contributed by atoms with E-state index in [0.29, 0.717) is 29.7 Å². The highest BCUT2D eigenvalue weighted by Crippen LogP contribution is 2.26. The summed E-state index contributed by atoms with van der Waals surface area (Å²) in [6, 6.07) is 9.75. The van der Waals surface area contributed by atoms with Gasteiger partial charge in [0.2, 0.25) is 10.0 Å². The summed E-state index contributed by atoms with van der Waals surface area (Å²) in [5.74, 6) is 0.217. The fourth-order valence-electron chi connectivity index (χ4n) is 3.31. The Hall–Kier alpha value is -2.62. The molecule has 0 aliphatic carbocycles. The average molecular weight is 443 g/mol. The van der Waals surface area contributed by atoms with E-state index >= 15 is 0 Å². The van der Waals surface area contributed by atoms with Gasteiger partial charge in [0, 0.05) is 42.0 Å². The molecule has 1 aromatic carbocycles. The summed E-state index contributed by atoms with van der Waals surface area (Å²) in [5.41, 5.74) is 2.06. The Labute approximate surface area is 179 Å². The van der Waals surface area contributed by atoms with E-state index in [2.05, 4.69) is 22.2 Å². The number of pyridine rings is 1. The van der Waals surface area contributed by atoms with Crippen LogP contribution < -0.4 is 5.32 Å². The maximum atomic E-state index is 12.8. The number of rotatable bonds is 5. The van der Waals surface area contributed by atoms with Crippen molar-refractivity contribution in [3.8, 4) is 11.3 Å². The van der Waals surface area contributed by atoms with Crippen molar-refractivity contribution < 1.29 is 13.2 Å². The number of carbonyl (C=O) groups excluding carboxylic acids is 1. The molecule has 3 aromatic rings. The number of anilines is 1. The van der Waals surface area contributed by atoms with E-state index in [1.807, 2.05) is 17.5 Å². The second kappa shape index (κ2) is 8.63. The van der Waals surface area contributed by atoms with E-state index in [9.17, 15) is 13.2 Å². The van der Waals surface area contributed by atoms with E-state index in [1.54, 1.807) is 12.4 Å². The van der Waals surface area contributed by atoms with Gasteiger partial charge in [0.25, 0.3) is 5.91 Å². The van der Waals surface area contributed by atoms with Crippen LogP contribution in [-0.4, -0.2) is 41.7 Å². The standard InChI is InChI=1S/C21H22N4O3S2/c1-15-8-12-25(13-9-15)30(27,28)18-4-2-17(3-5-18)20(26)24-21-23-19(14-29-21)16-6-10-22-11-7-16/h2-7,10-11,14-15H,8-9,12-13H2,1H3,(H,23,24,26). The van der Waals surface area contributed by atoms with Gasteiger partial charge in [0.05, 0.1) is 10.6 Å². The van der Waals surface area contributed by atoms with E-state index in [0.717, 1.165) is 24.1 Å². The summed E-state index contributed by atoms with van der Waals surface area (Å²) < 4.78 is 27.2. The van der Waals surface area contributed by atoms with Crippen molar-refractivity contribution in [2.45, 2.75) is 24.7 Å². The van der Waals surface area contributed by atoms with Crippen molar-refractivity contribution in [2.24, 2.45) is 5.92 Å². The normalized spacial score (nSPS) is 15.8. The molecule has 4 rings (SSSR count). The van der Waals surface area contributed by atoms with E-state index < -0.39 is 10.0 Å². The number of hydrogen-bond donors (Lipinski definition) is 1. The van der Waals surface area contributed by atoms with Crippen LogP contribution in [0, 0.1) is 5.92 Å². The van der Waals surface area contributed by atoms with Gasteiger partial charge in [-0.05, 0) is 55.2 Å². The minimum absolute atomic E-state index is 0.211. The van der Waals surface area contributed by atoms with Crippen molar-refractivity contribution in [2.75, 3.05) is 18.4 Å². The lowest BCUT2D eigenvalue weighted by molar-refractivity contribution is 0.102. The van der Waals surface area contributed by atoms with Crippen LogP contribution in [0.4, 0.5) is 5.13 Å². The van der Waals surface area contributed by atoms with Crippen molar-refractivity contribution in [3.63, 3.8) is 0 Å². The molecular formula is C21H22N4O3S2. The minimum atomic E-state index is -3.53. The number of carbonyl (C=O) groups is 1. The zero-order chi connectivity index (χ0) is 21.1. The van der Waals surface area contributed by atoms with Crippen LogP contribution in [0.5, 0.6) is 0 Å². The zero-order valence-corrected chi connectivity index (χ0v) is 18.1. The lowest BCUT2D eigenvalue weighted by atomic mass is 10.0. The molecular weight excluding hydrogens is 420 g/mol. The molecule has 0 spiro atoms. The van der Waals surface area contributed by atoms with E-state index in [1.165, 1.54) is 39.9 Å². The lowest BCUT2D eigenvalue weighted by Crippen LogP contribution is -2.37. The second-order valence-corrected chi connectivity index (χ2v) is 10.1. The monoisotopic (exact) mass is 442 g/mol. The van der Waals surface area contributed by atoms with Crippen LogP contribution in [0.2, 0.25) is 0 Å². The van der Waals surface area contributed by atoms with E-state index in [4.69, 9.17) is 0 Å². The van der Waals surface area contributed by atoms with Crippen molar-refractivity contribution in [1.29, 1.82) is 0 Å². The third kappa shape index (κ3) is 4.43. The fraction of sp³-hybridized carbons (Fsp3) is 0.286. The topological polar surface area (TPSA) is 92.3 Å². The first kappa shape index (κ1) is 20.6. The van der Waals surface area contributed by atoms with Gasteiger partial charge in [-0.2, -0.15) is 4.31 Å². The Kier molecular flexibility index (Phi) is 5.94. The molecule has 1 aliphatic heterocycles. The Bertz CT molecular complexity index is 1120. The van der Waals surface area contributed by atoms with Crippen molar-refractivity contribution in [3.05, 3.63) is 59.7 Å². The molecule has 0 unspecified atom stereocenters. The summed E-state index contributed by atoms with van der Waals surface area (Å²) in [4.78, 5) is 21.2. The summed E-state index contributed by atoms with van der Waals surface area (Å²) >= 11 is 1.33. The SMILES string of the molecule is CC1CCN(S(=O)(=O)c2ccc(C(=O)Nc3nc(-c4ccncc4)cs3)cc2)CC1. The molecule has 1 aliphatic rings. The molecule has 156 valence electrons. The average Bonchev–Trinajstić information content (AvgIpc) is 3.23. The molecule has 1 saturated heterocycles. The predicted octanol–water partition coefficient (Wildman–Crippen LogP) is 3.88. The first-order valence-corrected chi connectivity index (χ1v) is 12.0. The van der Waals surface area contributed by atoms with Gasteiger partial charge in [-0.15, -0.1) is 11.3 Å². The Morgan fingerprint density at radius 1 is 1.10 bits per heavy atom. The highest BCUT2D eigenvalue weighted by Gasteiger charge is 2.28. The van der Waals surface area contributed by atoms with Crippen LogP contribution >= 0.6 is 11.3 Å². The molecule has 9 heteroatoms. The van der Waals surface area contributed by atoms with Crippen molar-refractivity contribution in [1.82, 2.24) is 14.3 Å². The molecule has 1 fully saturated rings. The first-order valence-electron chi connectivity index (χ1n) is 9.71. The van der Waals surface area contributed by atoms with Crippen LogP contribution in [0.25, 0.3) is 11.3 Å². The van der Waals surface area contributed by atoms with Gasteiger partial charge < -0.3 is 0 Å². The quantitative estimate of drug-likeness (QED) is 0.647. The molecule has 1 amide bonds. The van der Waals surface area contributed by atoms with Gasteiger partial charge in [0.1, 0.15) is 0 Å². The Morgan fingerprint density at radius 3 is 2.43 bits per heavy atom. The fourth-order valence-corrected chi connectivity index (χ4v) is 5.49. The molecule has 30 heavy (non-hydrogen) atoms.